The minimum Gasteiger partial charge on any atom is -0.479 e. The molecule has 4 rings (SSSR count). The highest BCUT2D eigenvalue weighted by Gasteiger charge is 2.46. The number of nitrogens with one attached hydrogen (secondary N) is 1. The third-order valence-electron chi connectivity index (χ3n) is 4.69. The number of carboxylic acids is 1. The highest BCUT2D eigenvalue weighted by molar-refractivity contribution is 6.33. The van der Waals surface area contributed by atoms with Gasteiger partial charge in [-0.15, -0.1) is 0 Å². The quantitative estimate of drug-likeness (QED) is 0.408. The summed E-state index contributed by atoms with van der Waals surface area (Å²) in [5.74, 6) is -0.965. The fraction of sp³-hybridized carbons (Fsp3) is 0.294. The van der Waals surface area contributed by atoms with Crippen LogP contribution in [0.4, 0.5) is 5.82 Å². The fourth-order valence-electron chi connectivity index (χ4n) is 3.20. The van der Waals surface area contributed by atoms with Gasteiger partial charge in [-0.3, -0.25) is 4.57 Å². The molecule has 3 heterocycles. The molecule has 1 saturated heterocycles. The molecule has 0 unspecified atom stereocenters. The number of hydrogen-bond donors (Lipinski definition) is 4. The van der Waals surface area contributed by atoms with Gasteiger partial charge in [0.15, 0.2) is 29.3 Å². The largest absolute Gasteiger partial charge is 0.479 e. The number of carbonyl (C=O) groups is 1. The summed E-state index contributed by atoms with van der Waals surface area (Å²) < 4.78 is 6.80. The average Bonchev–Trinajstić information content (AvgIpc) is 3.23. The van der Waals surface area contributed by atoms with E-state index in [2.05, 4.69) is 20.3 Å². The van der Waals surface area contributed by atoms with Gasteiger partial charge in [0, 0.05) is 16.6 Å². The Labute approximate surface area is 184 Å². The molecule has 5 N–H and O–H groups in total. The minimum absolute atomic E-state index is 0.0875. The van der Waals surface area contributed by atoms with E-state index < -0.39 is 30.4 Å². The Morgan fingerprint density at radius 2 is 2.07 bits per heavy atom. The van der Waals surface area contributed by atoms with Crippen LogP contribution in [0.25, 0.3) is 11.2 Å². The number of aliphatic carboxylic acids is 1. The van der Waals surface area contributed by atoms with Crippen LogP contribution in [0, 0.1) is 0 Å². The van der Waals surface area contributed by atoms with Gasteiger partial charge >= 0.3 is 5.97 Å². The number of ether oxygens (including phenoxy) is 1. The van der Waals surface area contributed by atoms with E-state index in [0.717, 1.165) is 5.56 Å². The van der Waals surface area contributed by atoms with Gasteiger partial charge in [-0.2, -0.15) is 9.97 Å². The molecule has 0 aliphatic carbocycles. The monoisotopic (exact) mass is 472 g/mol. The SMILES string of the molecule is N[C@H]1[C@@H](O)[C@H](n2cnc3c(NCc4cc(Cl)ccc4Cl)nc(Cl)nc32)O[C@@H]1C(=O)O. The molecule has 1 aliphatic heterocycles. The molecule has 0 amide bonds. The van der Waals surface area contributed by atoms with Gasteiger partial charge in [-0.1, -0.05) is 23.2 Å². The Kier molecular flexibility index (Phi) is 5.71. The molecule has 1 aromatic carbocycles. The molecular weight excluding hydrogens is 459 g/mol. The lowest BCUT2D eigenvalue weighted by Gasteiger charge is -2.17. The zero-order valence-corrected chi connectivity index (χ0v) is 17.3. The fourth-order valence-corrected chi connectivity index (χ4v) is 3.74. The average molecular weight is 474 g/mol. The summed E-state index contributed by atoms with van der Waals surface area (Å²) in [6, 6.07) is 3.95. The molecule has 1 aliphatic rings. The number of nitrogens with zero attached hydrogens (tertiary/aromatic N) is 4. The van der Waals surface area contributed by atoms with Gasteiger partial charge in [0.25, 0.3) is 0 Å². The van der Waals surface area contributed by atoms with Crippen LogP contribution in [-0.4, -0.2) is 54.0 Å². The molecule has 30 heavy (non-hydrogen) atoms. The molecule has 0 spiro atoms. The lowest BCUT2D eigenvalue weighted by atomic mass is 10.1. The second kappa shape index (κ2) is 8.14. The van der Waals surface area contributed by atoms with Crippen LogP contribution < -0.4 is 11.1 Å². The van der Waals surface area contributed by atoms with Gasteiger partial charge in [0.05, 0.1) is 12.4 Å². The van der Waals surface area contributed by atoms with E-state index in [0.29, 0.717) is 21.4 Å². The molecule has 3 aromatic rings. The second-order valence-electron chi connectivity index (χ2n) is 6.61. The number of benzene rings is 1. The number of anilines is 1. The zero-order valence-electron chi connectivity index (χ0n) is 15.0. The number of fused-ring (bicyclic) bond motifs is 1. The van der Waals surface area contributed by atoms with Gasteiger partial charge in [-0.05, 0) is 35.4 Å². The summed E-state index contributed by atoms with van der Waals surface area (Å²) in [5, 5.41) is 23.6. The molecule has 13 heteroatoms. The Bertz CT molecular complexity index is 1130. The third-order valence-corrected chi connectivity index (χ3v) is 5.46. The summed E-state index contributed by atoms with van der Waals surface area (Å²) in [7, 11) is 0. The predicted octanol–water partition coefficient (Wildman–Crippen LogP) is 2.07. The second-order valence-corrected chi connectivity index (χ2v) is 7.79. The normalized spacial score (nSPS) is 23.8. The Balaban J connectivity index is 1.67. The first-order chi connectivity index (χ1) is 14.3. The molecule has 1 fully saturated rings. The molecule has 0 bridgehead atoms. The highest BCUT2D eigenvalue weighted by Crippen LogP contribution is 2.32. The third kappa shape index (κ3) is 3.78. The predicted molar refractivity (Wildman–Crippen MR) is 110 cm³/mol. The van der Waals surface area contributed by atoms with E-state index in [1.54, 1.807) is 18.2 Å². The Morgan fingerprint density at radius 3 is 2.77 bits per heavy atom. The molecule has 2 aromatic heterocycles. The number of imidazole rings is 1. The summed E-state index contributed by atoms with van der Waals surface area (Å²) in [4.78, 5) is 23.9. The van der Waals surface area contributed by atoms with E-state index in [1.807, 2.05) is 0 Å². The number of rotatable bonds is 5. The van der Waals surface area contributed by atoms with Gasteiger partial charge in [0.2, 0.25) is 5.28 Å². The molecule has 4 atom stereocenters. The van der Waals surface area contributed by atoms with E-state index in [9.17, 15) is 15.0 Å². The van der Waals surface area contributed by atoms with Gasteiger partial charge in [0.1, 0.15) is 6.10 Å². The van der Waals surface area contributed by atoms with Crippen molar-refractivity contribution >= 4 is 57.8 Å². The number of aromatic nitrogens is 4. The first kappa shape index (κ1) is 21.0. The number of hydrogen-bond acceptors (Lipinski definition) is 8. The first-order valence-electron chi connectivity index (χ1n) is 8.66. The van der Waals surface area contributed by atoms with E-state index in [4.69, 9.17) is 45.3 Å². The van der Waals surface area contributed by atoms with Crippen LogP contribution in [0.2, 0.25) is 15.3 Å². The van der Waals surface area contributed by atoms with Crippen LogP contribution in [0.1, 0.15) is 11.8 Å². The van der Waals surface area contributed by atoms with Gasteiger partial charge in [-0.25, -0.2) is 9.78 Å². The Hall–Kier alpha value is -2.21. The van der Waals surface area contributed by atoms with E-state index >= 15 is 0 Å². The first-order valence-corrected chi connectivity index (χ1v) is 9.79. The lowest BCUT2D eigenvalue weighted by Crippen LogP contribution is -2.43. The zero-order chi connectivity index (χ0) is 21.6. The maximum atomic E-state index is 11.3. The van der Waals surface area contributed by atoms with Crippen LogP contribution in [0.3, 0.4) is 0 Å². The summed E-state index contributed by atoms with van der Waals surface area (Å²) in [6.07, 6.45) is -2.42. The molecule has 158 valence electrons. The van der Waals surface area contributed by atoms with Crippen LogP contribution >= 0.6 is 34.8 Å². The topological polar surface area (TPSA) is 148 Å². The van der Waals surface area contributed by atoms with Crippen molar-refractivity contribution < 1.29 is 19.7 Å². The van der Waals surface area contributed by atoms with Crippen molar-refractivity contribution in [3.05, 3.63) is 45.4 Å². The molecular formula is C17H15Cl3N6O4. The van der Waals surface area contributed by atoms with Crippen molar-refractivity contribution in [3.8, 4) is 0 Å². The van der Waals surface area contributed by atoms with Crippen molar-refractivity contribution in [2.75, 3.05) is 5.32 Å². The summed E-state index contributed by atoms with van der Waals surface area (Å²) in [6.45, 7) is 0.281. The highest BCUT2D eigenvalue weighted by atomic mass is 35.5. The van der Waals surface area contributed by atoms with Crippen molar-refractivity contribution in [1.82, 2.24) is 19.5 Å². The number of carboxylic acid groups (broad SMARTS) is 1. The van der Waals surface area contributed by atoms with Crippen LogP contribution in [0.5, 0.6) is 0 Å². The van der Waals surface area contributed by atoms with Crippen molar-refractivity contribution in [2.24, 2.45) is 5.73 Å². The number of aliphatic hydroxyl groups excluding tert-OH is 1. The minimum atomic E-state index is -1.37. The van der Waals surface area contributed by atoms with Crippen LogP contribution in [-0.2, 0) is 16.1 Å². The molecule has 0 saturated carbocycles. The standard InChI is InChI=1S/C17H15Cl3N6O4/c18-7-1-2-8(19)6(3-7)4-22-13-10-14(25-17(20)24-13)26(5-23-10)15-11(27)9(21)12(30-15)16(28)29/h1-3,5,9,11-12,15,27H,4,21H2,(H,28,29)(H,22,24,25)/t9-,11+,12-,15+/m0/s1. The van der Waals surface area contributed by atoms with E-state index in [-0.39, 0.29) is 17.5 Å². The molecule has 10 nitrogen and oxygen atoms in total. The molecule has 0 radical (unpaired) electrons. The Morgan fingerprint density at radius 1 is 1.30 bits per heavy atom. The number of nitrogens with two attached hydrogens (primary N) is 1. The van der Waals surface area contributed by atoms with E-state index in [1.165, 1.54) is 10.9 Å². The number of halogens is 3. The van der Waals surface area contributed by atoms with Crippen LogP contribution in [0.15, 0.2) is 24.5 Å². The smallest absolute Gasteiger partial charge is 0.334 e. The number of aliphatic hydroxyl groups is 1. The summed E-state index contributed by atoms with van der Waals surface area (Å²) >= 11 is 18.3. The maximum Gasteiger partial charge on any atom is 0.334 e. The lowest BCUT2D eigenvalue weighted by molar-refractivity contribution is -0.152. The van der Waals surface area contributed by atoms with Gasteiger partial charge < -0.3 is 26.0 Å². The van der Waals surface area contributed by atoms with Crippen molar-refractivity contribution in [1.29, 1.82) is 0 Å². The maximum absolute atomic E-state index is 11.3. The van der Waals surface area contributed by atoms with Crippen molar-refractivity contribution in [3.63, 3.8) is 0 Å². The summed E-state index contributed by atoms with van der Waals surface area (Å²) in [5.41, 5.74) is 7.08. The van der Waals surface area contributed by atoms with Crippen molar-refractivity contribution in [2.45, 2.75) is 31.0 Å².